The highest BCUT2D eigenvalue weighted by Crippen LogP contribution is 2.28. The second kappa shape index (κ2) is 11.3. The molecule has 2 aromatic rings. The van der Waals surface area contributed by atoms with E-state index in [-0.39, 0.29) is 6.61 Å². The first-order valence-corrected chi connectivity index (χ1v) is 10.6. The van der Waals surface area contributed by atoms with Crippen LogP contribution in [0.25, 0.3) is 0 Å². The molecule has 1 aromatic heterocycles. The molecule has 0 unspecified atom stereocenters. The molecule has 1 atom stereocenters. The van der Waals surface area contributed by atoms with Crippen molar-refractivity contribution in [1.82, 2.24) is 20.4 Å². The van der Waals surface area contributed by atoms with Crippen LogP contribution in [-0.4, -0.2) is 79.4 Å². The van der Waals surface area contributed by atoms with Crippen LogP contribution >= 0.6 is 0 Å². The third-order valence-corrected chi connectivity index (χ3v) is 5.39. The number of β-amino-alcohol motifs (C(OH)–C–C–N with tert-alkyl or cyclic N) is 1. The number of morpholine rings is 1. The van der Waals surface area contributed by atoms with Crippen molar-refractivity contribution in [3.05, 3.63) is 40.7 Å². The number of benzene rings is 1. The predicted molar refractivity (Wildman–Crippen MR) is 115 cm³/mol. The highest BCUT2D eigenvalue weighted by molar-refractivity contribution is 5.43. The molecule has 1 saturated heterocycles. The van der Waals surface area contributed by atoms with Gasteiger partial charge in [-0.25, -0.2) is 0 Å². The summed E-state index contributed by atoms with van der Waals surface area (Å²) >= 11 is 0. The van der Waals surface area contributed by atoms with Crippen molar-refractivity contribution < 1.29 is 19.3 Å². The van der Waals surface area contributed by atoms with E-state index in [1.165, 1.54) is 5.56 Å². The van der Waals surface area contributed by atoms with E-state index in [0.717, 1.165) is 62.8 Å². The summed E-state index contributed by atoms with van der Waals surface area (Å²) in [7, 11) is 1.63. The quantitative estimate of drug-likeness (QED) is 0.476. The molecule has 166 valence electrons. The van der Waals surface area contributed by atoms with Gasteiger partial charge in [0.15, 0.2) is 11.5 Å². The van der Waals surface area contributed by atoms with E-state index < -0.39 is 6.10 Å². The van der Waals surface area contributed by atoms with E-state index in [9.17, 15) is 5.11 Å². The van der Waals surface area contributed by atoms with E-state index in [2.05, 4.69) is 27.3 Å². The summed E-state index contributed by atoms with van der Waals surface area (Å²) in [5.41, 5.74) is 4.59. The molecule has 1 aromatic carbocycles. The van der Waals surface area contributed by atoms with Gasteiger partial charge in [-0.15, -0.1) is 0 Å². The second-order valence-electron chi connectivity index (χ2n) is 7.70. The molecule has 8 heteroatoms. The molecule has 1 fully saturated rings. The molecular formula is C22H34N4O4. The van der Waals surface area contributed by atoms with E-state index in [1.54, 1.807) is 7.11 Å². The zero-order chi connectivity index (χ0) is 21.3. The number of aliphatic hydroxyl groups is 1. The van der Waals surface area contributed by atoms with Crippen LogP contribution in [0.2, 0.25) is 0 Å². The van der Waals surface area contributed by atoms with Crippen molar-refractivity contribution in [3.8, 4) is 11.5 Å². The summed E-state index contributed by atoms with van der Waals surface area (Å²) in [6.07, 6.45) is 0.386. The van der Waals surface area contributed by atoms with Crippen molar-refractivity contribution in [1.29, 1.82) is 0 Å². The lowest BCUT2D eigenvalue weighted by Gasteiger charge is -2.28. The van der Waals surface area contributed by atoms with Gasteiger partial charge in [-0.1, -0.05) is 6.07 Å². The van der Waals surface area contributed by atoms with Gasteiger partial charge in [0, 0.05) is 31.9 Å². The summed E-state index contributed by atoms with van der Waals surface area (Å²) in [6.45, 7) is 9.65. The number of H-pyrrole nitrogens is 1. The standard InChI is InChI=1S/C22H34N4O4/c1-16-20(17(2)25-24-16)6-7-23-13-18-4-5-21(22(12-18)28-3)30-15-19(27)14-26-8-10-29-11-9-26/h4-5,12,19,23,27H,6-11,13-15H2,1-3H3,(H,24,25)/t19-/m0/s1. The number of hydrogen-bond acceptors (Lipinski definition) is 7. The third-order valence-electron chi connectivity index (χ3n) is 5.39. The van der Waals surface area contributed by atoms with Crippen LogP contribution in [0.5, 0.6) is 11.5 Å². The molecule has 3 N–H and O–H groups in total. The van der Waals surface area contributed by atoms with Gasteiger partial charge in [-0.05, 0) is 50.1 Å². The second-order valence-corrected chi connectivity index (χ2v) is 7.70. The van der Waals surface area contributed by atoms with Crippen LogP contribution in [0.15, 0.2) is 18.2 Å². The van der Waals surface area contributed by atoms with E-state index in [0.29, 0.717) is 18.0 Å². The Morgan fingerprint density at radius 3 is 2.77 bits per heavy atom. The number of aromatic amines is 1. The fourth-order valence-electron chi connectivity index (χ4n) is 3.65. The Morgan fingerprint density at radius 1 is 1.27 bits per heavy atom. The number of methoxy groups -OCH3 is 1. The molecular weight excluding hydrogens is 384 g/mol. The van der Waals surface area contributed by atoms with E-state index in [1.807, 2.05) is 25.1 Å². The zero-order valence-electron chi connectivity index (χ0n) is 18.2. The van der Waals surface area contributed by atoms with Gasteiger partial charge in [0.1, 0.15) is 12.7 Å². The molecule has 0 aliphatic carbocycles. The van der Waals surface area contributed by atoms with Crippen LogP contribution in [0.3, 0.4) is 0 Å². The van der Waals surface area contributed by atoms with Crippen molar-refractivity contribution >= 4 is 0 Å². The van der Waals surface area contributed by atoms with Crippen molar-refractivity contribution in [2.45, 2.75) is 32.9 Å². The van der Waals surface area contributed by atoms with Crippen LogP contribution < -0.4 is 14.8 Å². The van der Waals surface area contributed by atoms with Crippen LogP contribution in [0, 0.1) is 13.8 Å². The molecule has 3 rings (SSSR count). The molecule has 0 bridgehead atoms. The number of hydrogen-bond donors (Lipinski definition) is 3. The number of aryl methyl sites for hydroxylation is 2. The first-order valence-electron chi connectivity index (χ1n) is 10.6. The molecule has 0 spiro atoms. The van der Waals surface area contributed by atoms with Crippen LogP contribution in [0.1, 0.15) is 22.5 Å². The van der Waals surface area contributed by atoms with Crippen molar-refractivity contribution in [2.24, 2.45) is 0 Å². The van der Waals surface area contributed by atoms with Crippen LogP contribution in [-0.2, 0) is 17.7 Å². The molecule has 0 amide bonds. The Kier molecular flexibility index (Phi) is 8.50. The Bertz CT molecular complexity index is 770. The van der Waals surface area contributed by atoms with Crippen LogP contribution in [0.4, 0.5) is 0 Å². The Morgan fingerprint density at radius 2 is 2.07 bits per heavy atom. The number of aromatic nitrogens is 2. The number of rotatable bonds is 11. The number of nitrogens with one attached hydrogen (secondary N) is 2. The van der Waals surface area contributed by atoms with Crippen molar-refractivity contribution in [2.75, 3.05) is 53.1 Å². The molecule has 0 radical (unpaired) electrons. The number of nitrogens with zero attached hydrogens (tertiary/aromatic N) is 2. The zero-order valence-corrected chi connectivity index (χ0v) is 18.2. The lowest BCUT2D eigenvalue weighted by molar-refractivity contribution is 0.00445. The normalized spacial score (nSPS) is 15.9. The Balaban J connectivity index is 1.44. The smallest absolute Gasteiger partial charge is 0.161 e. The summed E-state index contributed by atoms with van der Waals surface area (Å²) in [5.74, 6) is 1.32. The molecule has 8 nitrogen and oxygen atoms in total. The summed E-state index contributed by atoms with van der Waals surface area (Å²) in [6, 6.07) is 5.90. The lowest BCUT2D eigenvalue weighted by atomic mass is 10.1. The minimum absolute atomic E-state index is 0.231. The highest BCUT2D eigenvalue weighted by atomic mass is 16.5. The van der Waals surface area contributed by atoms with Gasteiger partial charge in [0.05, 0.1) is 26.0 Å². The van der Waals surface area contributed by atoms with Gasteiger partial charge in [-0.2, -0.15) is 5.10 Å². The maximum Gasteiger partial charge on any atom is 0.161 e. The fraction of sp³-hybridized carbons (Fsp3) is 0.591. The minimum atomic E-state index is -0.552. The first kappa shape index (κ1) is 22.6. The minimum Gasteiger partial charge on any atom is -0.493 e. The lowest BCUT2D eigenvalue weighted by Crippen LogP contribution is -2.42. The number of aliphatic hydroxyl groups excluding tert-OH is 1. The third kappa shape index (κ3) is 6.43. The SMILES string of the molecule is COc1cc(CNCCc2c(C)n[nH]c2C)ccc1OC[C@@H](O)CN1CCOCC1. The van der Waals surface area contributed by atoms with Gasteiger partial charge in [0.25, 0.3) is 0 Å². The van der Waals surface area contributed by atoms with Gasteiger partial charge >= 0.3 is 0 Å². The average Bonchev–Trinajstić information content (AvgIpc) is 3.08. The first-order chi connectivity index (χ1) is 14.6. The fourth-order valence-corrected chi connectivity index (χ4v) is 3.65. The van der Waals surface area contributed by atoms with Crippen molar-refractivity contribution in [3.63, 3.8) is 0 Å². The molecule has 30 heavy (non-hydrogen) atoms. The summed E-state index contributed by atoms with van der Waals surface area (Å²) in [5, 5.41) is 21.0. The van der Waals surface area contributed by atoms with E-state index in [4.69, 9.17) is 14.2 Å². The molecule has 0 saturated carbocycles. The summed E-state index contributed by atoms with van der Waals surface area (Å²) < 4.78 is 16.7. The van der Waals surface area contributed by atoms with Gasteiger partial charge < -0.3 is 24.6 Å². The maximum absolute atomic E-state index is 10.3. The van der Waals surface area contributed by atoms with Gasteiger partial charge in [0.2, 0.25) is 0 Å². The van der Waals surface area contributed by atoms with Gasteiger partial charge in [-0.3, -0.25) is 10.00 Å². The van der Waals surface area contributed by atoms with E-state index >= 15 is 0 Å². The molecule has 1 aliphatic heterocycles. The Hall–Kier alpha value is -2.13. The Labute approximate surface area is 178 Å². The largest absolute Gasteiger partial charge is 0.493 e. The molecule has 1 aliphatic rings. The highest BCUT2D eigenvalue weighted by Gasteiger charge is 2.16. The predicted octanol–water partition coefficient (Wildman–Crippen LogP) is 1.44. The topological polar surface area (TPSA) is 91.9 Å². The molecule has 2 heterocycles. The average molecular weight is 419 g/mol. The summed E-state index contributed by atoms with van der Waals surface area (Å²) in [4.78, 5) is 2.19. The number of ether oxygens (including phenoxy) is 3. The maximum atomic E-state index is 10.3. The monoisotopic (exact) mass is 418 g/mol.